The number of quaternary nitrogens is 1. The fraction of sp³-hybridized carbons (Fsp3) is 0.300. The van der Waals surface area contributed by atoms with E-state index in [9.17, 15) is 23.1 Å². The first-order valence-electron chi connectivity index (χ1n) is 4.40. The molecule has 0 aromatic heterocycles. The second kappa shape index (κ2) is 3.79. The van der Waals surface area contributed by atoms with E-state index in [-0.39, 0.29) is 5.56 Å². The van der Waals surface area contributed by atoms with Crippen LogP contribution in [0.2, 0.25) is 0 Å². The van der Waals surface area contributed by atoms with Gasteiger partial charge in [0.05, 0.1) is 5.56 Å². The van der Waals surface area contributed by atoms with Crippen LogP contribution < -0.4 is 10.8 Å². The van der Waals surface area contributed by atoms with Crippen LogP contribution in [0.15, 0.2) is 24.3 Å². The van der Waals surface area contributed by atoms with Crippen molar-refractivity contribution in [3.8, 4) is 0 Å². The average Bonchev–Trinajstić information content (AvgIpc) is 2.16. The molecule has 6 heteroatoms. The van der Waals surface area contributed by atoms with E-state index in [0.717, 1.165) is 18.2 Å². The number of carbonyl (C=O) groups excluding carboxylic acids is 1. The van der Waals surface area contributed by atoms with E-state index in [0.29, 0.717) is 0 Å². The highest BCUT2D eigenvalue weighted by Crippen LogP contribution is 2.31. The summed E-state index contributed by atoms with van der Waals surface area (Å²) in [6, 6.07) is 4.06. The van der Waals surface area contributed by atoms with E-state index < -0.39 is 23.2 Å². The number of carbonyl (C=O) groups is 1. The summed E-state index contributed by atoms with van der Waals surface area (Å²) < 4.78 is 37.1. The summed E-state index contributed by atoms with van der Waals surface area (Å²) in [5.41, 5.74) is 0.699. The number of alkyl halides is 3. The standard InChI is InChI=1S/C10H10F3NO2/c1-9(14,8(15)16)6-3-2-4-7(5-6)10(11,12)13/h2-5H,14H2,1H3,(H,15,16)/t9-/m0/s1. The largest absolute Gasteiger partial charge is 0.543 e. The van der Waals surface area contributed by atoms with Crippen molar-refractivity contribution in [3.63, 3.8) is 0 Å². The maximum Gasteiger partial charge on any atom is 0.416 e. The summed E-state index contributed by atoms with van der Waals surface area (Å²) in [6.45, 7) is 1.19. The van der Waals surface area contributed by atoms with Crippen LogP contribution in [-0.4, -0.2) is 5.97 Å². The molecular weight excluding hydrogens is 223 g/mol. The van der Waals surface area contributed by atoms with E-state index >= 15 is 0 Å². The predicted molar refractivity (Wildman–Crippen MR) is 46.7 cm³/mol. The van der Waals surface area contributed by atoms with Gasteiger partial charge in [-0.2, -0.15) is 13.2 Å². The van der Waals surface area contributed by atoms with Crippen LogP contribution >= 0.6 is 0 Å². The van der Waals surface area contributed by atoms with Crippen LogP contribution in [0.5, 0.6) is 0 Å². The van der Waals surface area contributed by atoms with Crippen molar-refractivity contribution in [3.05, 3.63) is 35.4 Å². The van der Waals surface area contributed by atoms with E-state index in [4.69, 9.17) is 0 Å². The summed E-state index contributed by atoms with van der Waals surface area (Å²) in [7, 11) is 0. The number of hydrogen-bond acceptors (Lipinski definition) is 2. The summed E-state index contributed by atoms with van der Waals surface area (Å²) in [5, 5.41) is 10.7. The van der Waals surface area contributed by atoms with Gasteiger partial charge in [0, 0.05) is 12.5 Å². The Kier molecular flexibility index (Phi) is 2.96. The van der Waals surface area contributed by atoms with E-state index in [1.54, 1.807) is 0 Å². The highest BCUT2D eigenvalue weighted by molar-refractivity contribution is 5.76. The van der Waals surface area contributed by atoms with Crippen molar-refractivity contribution < 1.29 is 28.8 Å². The average molecular weight is 233 g/mol. The maximum absolute atomic E-state index is 12.4. The lowest BCUT2D eigenvalue weighted by Gasteiger charge is -2.23. The Hall–Kier alpha value is -1.56. The zero-order chi connectivity index (χ0) is 12.6. The molecule has 3 N–H and O–H groups in total. The molecule has 0 fully saturated rings. The van der Waals surface area contributed by atoms with Crippen molar-refractivity contribution in [1.29, 1.82) is 0 Å². The Morgan fingerprint density at radius 1 is 1.31 bits per heavy atom. The molecule has 1 aromatic rings. The quantitative estimate of drug-likeness (QED) is 0.775. The van der Waals surface area contributed by atoms with Crippen molar-refractivity contribution >= 4 is 5.97 Å². The minimum atomic E-state index is -4.50. The zero-order valence-electron chi connectivity index (χ0n) is 8.47. The summed E-state index contributed by atoms with van der Waals surface area (Å²) in [6.07, 6.45) is -4.50. The number of carboxylic acid groups (broad SMARTS) is 1. The van der Waals surface area contributed by atoms with Crippen molar-refractivity contribution in [2.75, 3.05) is 0 Å². The second-order valence-electron chi connectivity index (χ2n) is 3.70. The molecule has 3 nitrogen and oxygen atoms in total. The lowest BCUT2D eigenvalue weighted by molar-refractivity contribution is -0.489. The van der Waals surface area contributed by atoms with Crippen molar-refractivity contribution in [2.45, 2.75) is 18.6 Å². The maximum atomic E-state index is 12.4. The van der Waals surface area contributed by atoms with Crippen molar-refractivity contribution in [2.24, 2.45) is 0 Å². The van der Waals surface area contributed by atoms with Crippen LogP contribution in [-0.2, 0) is 16.5 Å². The topological polar surface area (TPSA) is 67.8 Å². The molecule has 0 amide bonds. The SMILES string of the molecule is C[C@@]([NH3+])(C(=O)[O-])c1cccc(C(F)(F)F)c1. The fourth-order valence-corrected chi connectivity index (χ4v) is 1.16. The van der Waals surface area contributed by atoms with Gasteiger partial charge >= 0.3 is 6.18 Å². The van der Waals surface area contributed by atoms with Gasteiger partial charge < -0.3 is 15.6 Å². The molecule has 1 aromatic carbocycles. The number of carboxylic acids is 1. The highest BCUT2D eigenvalue weighted by atomic mass is 19.4. The molecule has 16 heavy (non-hydrogen) atoms. The number of hydrogen-bond donors (Lipinski definition) is 1. The molecule has 0 bridgehead atoms. The van der Waals surface area contributed by atoms with Gasteiger partial charge in [0.2, 0.25) is 0 Å². The van der Waals surface area contributed by atoms with Gasteiger partial charge in [0.25, 0.3) is 0 Å². The van der Waals surface area contributed by atoms with Crippen LogP contribution in [0, 0.1) is 0 Å². The van der Waals surface area contributed by atoms with Gasteiger partial charge in [-0.1, -0.05) is 12.1 Å². The van der Waals surface area contributed by atoms with Gasteiger partial charge in [-0.05, 0) is 12.1 Å². The first-order valence-corrected chi connectivity index (χ1v) is 4.40. The minimum Gasteiger partial charge on any atom is -0.543 e. The zero-order valence-corrected chi connectivity index (χ0v) is 8.47. The summed E-state index contributed by atoms with van der Waals surface area (Å²) in [5.74, 6) is -1.52. The lowest BCUT2D eigenvalue weighted by Crippen LogP contribution is -2.75. The Balaban J connectivity index is 3.23. The molecule has 0 saturated heterocycles. The molecule has 1 atom stereocenters. The molecule has 0 radical (unpaired) electrons. The van der Waals surface area contributed by atoms with Crippen LogP contribution in [0.4, 0.5) is 13.2 Å². The third-order valence-corrected chi connectivity index (χ3v) is 2.28. The van der Waals surface area contributed by atoms with Gasteiger partial charge in [-0.3, -0.25) is 0 Å². The molecular formula is C10H10F3NO2. The number of rotatable bonds is 2. The molecule has 0 unspecified atom stereocenters. The van der Waals surface area contributed by atoms with E-state index in [2.05, 4.69) is 5.73 Å². The monoisotopic (exact) mass is 233 g/mol. The molecule has 0 heterocycles. The first kappa shape index (κ1) is 12.5. The smallest absolute Gasteiger partial charge is 0.416 e. The Morgan fingerprint density at radius 2 is 1.81 bits per heavy atom. The molecule has 0 aliphatic rings. The van der Waals surface area contributed by atoms with Gasteiger partial charge in [-0.25, -0.2) is 0 Å². The second-order valence-corrected chi connectivity index (χ2v) is 3.70. The Bertz CT molecular complexity index is 413. The van der Waals surface area contributed by atoms with Gasteiger partial charge in [0.15, 0.2) is 5.54 Å². The Morgan fingerprint density at radius 3 is 2.25 bits per heavy atom. The molecule has 0 spiro atoms. The summed E-state index contributed by atoms with van der Waals surface area (Å²) >= 11 is 0. The van der Waals surface area contributed by atoms with E-state index in [1.807, 2.05) is 0 Å². The van der Waals surface area contributed by atoms with E-state index in [1.165, 1.54) is 13.0 Å². The number of halogens is 3. The third-order valence-electron chi connectivity index (χ3n) is 2.28. The normalized spacial score (nSPS) is 15.6. The van der Waals surface area contributed by atoms with Gasteiger partial charge in [-0.15, -0.1) is 0 Å². The molecule has 0 aliphatic carbocycles. The Labute approximate surface area is 89.7 Å². The lowest BCUT2D eigenvalue weighted by atomic mass is 9.92. The molecule has 0 saturated carbocycles. The van der Waals surface area contributed by atoms with Crippen LogP contribution in [0.3, 0.4) is 0 Å². The molecule has 1 rings (SSSR count). The number of aliphatic carboxylic acids is 1. The highest BCUT2D eigenvalue weighted by Gasteiger charge is 2.34. The van der Waals surface area contributed by atoms with Gasteiger partial charge in [0.1, 0.15) is 5.97 Å². The third kappa shape index (κ3) is 2.33. The van der Waals surface area contributed by atoms with Crippen LogP contribution in [0.25, 0.3) is 0 Å². The summed E-state index contributed by atoms with van der Waals surface area (Å²) in [4.78, 5) is 10.7. The number of benzene rings is 1. The molecule has 88 valence electrons. The van der Waals surface area contributed by atoms with Crippen molar-refractivity contribution in [1.82, 2.24) is 0 Å². The predicted octanol–water partition coefficient (Wildman–Crippen LogP) is -0.0876. The fourth-order valence-electron chi connectivity index (χ4n) is 1.16. The minimum absolute atomic E-state index is 0.0395. The molecule has 0 aliphatic heterocycles. The first-order chi connectivity index (χ1) is 7.15. The van der Waals surface area contributed by atoms with Crippen LogP contribution in [0.1, 0.15) is 18.1 Å².